The highest BCUT2D eigenvalue weighted by Gasteiger charge is 2.20. The first-order valence-electron chi connectivity index (χ1n) is 11.1. The molecule has 4 rings (SSSR count). The molecule has 4 aromatic carbocycles. The fourth-order valence-electron chi connectivity index (χ4n) is 4.09. The first kappa shape index (κ1) is 23.2. The summed E-state index contributed by atoms with van der Waals surface area (Å²) in [4.78, 5) is 0. The summed E-state index contributed by atoms with van der Waals surface area (Å²) in [5.41, 5.74) is 3.30. The van der Waals surface area contributed by atoms with Crippen LogP contribution in [0.5, 0.6) is 23.0 Å². The number of phenols is 4. The van der Waals surface area contributed by atoms with Gasteiger partial charge in [0.25, 0.3) is 0 Å². The topological polar surface area (TPSA) is 105 Å². The molecule has 4 aromatic rings. The van der Waals surface area contributed by atoms with Crippen LogP contribution in [-0.4, -0.2) is 33.5 Å². The van der Waals surface area contributed by atoms with Gasteiger partial charge in [0.15, 0.2) is 0 Å². The van der Waals surface area contributed by atoms with Gasteiger partial charge in [0.1, 0.15) is 23.0 Å². The van der Waals surface area contributed by atoms with Crippen molar-refractivity contribution in [2.75, 3.05) is 13.1 Å². The molecule has 0 aromatic heterocycles. The zero-order valence-electron chi connectivity index (χ0n) is 18.6. The van der Waals surface area contributed by atoms with Crippen LogP contribution < -0.4 is 10.6 Å². The summed E-state index contributed by atoms with van der Waals surface area (Å²) in [6, 6.07) is 28.3. The maximum atomic E-state index is 10.5. The third kappa shape index (κ3) is 5.49. The summed E-state index contributed by atoms with van der Waals surface area (Å²) >= 11 is 0. The highest BCUT2D eigenvalue weighted by molar-refractivity contribution is 5.46. The van der Waals surface area contributed by atoms with Gasteiger partial charge in [-0.2, -0.15) is 0 Å². The Morgan fingerprint density at radius 3 is 1.24 bits per heavy atom. The van der Waals surface area contributed by atoms with Crippen molar-refractivity contribution in [3.63, 3.8) is 0 Å². The van der Waals surface area contributed by atoms with Crippen LogP contribution >= 0.6 is 0 Å². The second-order valence-corrected chi connectivity index (χ2v) is 8.08. The van der Waals surface area contributed by atoms with E-state index >= 15 is 0 Å². The molecule has 0 fully saturated rings. The summed E-state index contributed by atoms with van der Waals surface area (Å²) < 4.78 is 0. The molecule has 0 heterocycles. The van der Waals surface area contributed by atoms with Gasteiger partial charge in [-0.1, -0.05) is 60.7 Å². The molecule has 6 heteroatoms. The van der Waals surface area contributed by atoms with E-state index in [0.29, 0.717) is 24.2 Å². The third-order valence-corrected chi connectivity index (χ3v) is 5.74. The zero-order chi connectivity index (χ0) is 23.9. The second kappa shape index (κ2) is 10.7. The third-order valence-electron chi connectivity index (χ3n) is 5.74. The molecular formula is C28H28N2O4. The molecule has 0 aliphatic carbocycles. The van der Waals surface area contributed by atoms with Crippen molar-refractivity contribution in [2.24, 2.45) is 0 Å². The molecule has 34 heavy (non-hydrogen) atoms. The van der Waals surface area contributed by atoms with Gasteiger partial charge in [0.05, 0.1) is 12.1 Å². The molecule has 2 atom stereocenters. The van der Waals surface area contributed by atoms with Crippen molar-refractivity contribution in [1.29, 1.82) is 0 Å². The first-order chi connectivity index (χ1) is 16.5. The Morgan fingerprint density at radius 1 is 0.500 bits per heavy atom. The van der Waals surface area contributed by atoms with E-state index in [1.807, 2.05) is 60.7 Å². The van der Waals surface area contributed by atoms with Crippen molar-refractivity contribution in [3.8, 4) is 23.0 Å². The minimum Gasteiger partial charge on any atom is -0.508 e. The van der Waals surface area contributed by atoms with Gasteiger partial charge in [0.2, 0.25) is 0 Å². The van der Waals surface area contributed by atoms with Crippen molar-refractivity contribution in [3.05, 3.63) is 119 Å². The van der Waals surface area contributed by atoms with E-state index in [2.05, 4.69) is 10.6 Å². The van der Waals surface area contributed by atoms with E-state index in [-0.39, 0.29) is 35.1 Å². The average Bonchev–Trinajstić information content (AvgIpc) is 2.84. The highest BCUT2D eigenvalue weighted by Crippen LogP contribution is 2.33. The molecule has 0 spiro atoms. The number of nitrogens with one attached hydrogen (secondary N) is 2. The smallest absolute Gasteiger partial charge is 0.124 e. The molecule has 0 saturated heterocycles. The zero-order valence-corrected chi connectivity index (χ0v) is 18.6. The van der Waals surface area contributed by atoms with Gasteiger partial charge in [0, 0.05) is 36.3 Å². The Balaban J connectivity index is 1.52. The first-order valence-corrected chi connectivity index (χ1v) is 11.1. The molecule has 6 N–H and O–H groups in total. The SMILES string of the molecule is Oc1ccc(C(NCCNC(c2ccccc2)c2ccc(O)cc2O)c2ccccc2)c(O)c1. The minimum atomic E-state index is -0.277. The molecule has 0 saturated carbocycles. The average molecular weight is 457 g/mol. The predicted molar refractivity (Wildman–Crippen MR) is 132 cm³/mol. The van der Waals surface area contributed by atoms with Gasteiger partial charge < -0.3 is 31.1 Å². The maximum Gasteiger partial charge on any atom is 0.124 e. The number of hydrogen-bond acceptors (Lipinski definition) is 6. The van der Waals surface area contributed by atoms with E-state index in [9.17, 15) is 20.4 Å². The van der Waals surface area contributed by atoms with Gasteiger partial charge in [-0.05, 0) is 35.4 Å². The maximum absolute atomic E-state index is 10.5. The lowest BCUT2D eigenvalue weighted by Gasteiger charge is -2.24. The molecule has 174 valence electrons. The number of aromatic hydroxyl groups is 4. The Kier molecular flexibility index (Phi) is 7.32. The van der Waals surface area contributed by atoms with Gasteiger partial charge >= 0.3 is 0 Å². The van der Waals surface area contributed by atoms with E-state index < -0.39 is 0 Å². The standard InChI is InChI=1S/C28H28N2O4/c31-21-11-13-23(25(33)17-21)27(19-7-3-1-4-8-19)29-15-16-30-28(20-9-5-2-6-10-20)24-14-12-22(32)18-26(24)34/h1-14,17-18,27-34H,15-16H2. The number of phenolic OH excluding ortho intramolecular Hbond substituents is 4. The van der Waals surface area contributed by atoms with Crippen molar-refractivity contribution in [1.82, 2.24) is 10.6 Å². The van der Waals surface area contributed by atoms with Crippen LogP contribution in [-0.2, 0) is 0 Å². The van der Waals surface area contributed by atoms with Crippen LogP contribution in [0.4, 0.5) is 0 Å². The summed E-state index contributed by atoms with van der Waals surface area (Å²) in [6.45, 7) is 1.12. The van der Waals surface area contributed by atoms with Crippen LogP contribution in [0.25, 0.3) is 0 Å². The molecule has 0 aliphatic rings. The summed E-state index contributed by atoms with van der Waals surface area (Å²) in [5.74, 6) is 0.0549. The normalized spacial score (nSPS) is 12.8. The van der Waals surface area contributed by atoms with Crippen LogP contribution in [0.3, 0.4) is 0 Å². The molecule has 0 amide bonds. The number of hydrogen-bond donors (Lipinski definition) is 6. The van der Waals surface area contributed by atoms with Gasteiger partial charge in [-0.15, -0.1) is 0 Å². The fourth-order valence-corrected chi connectivity index (χ4v) is 4.09. The van der Waals surface area contributed by atoms with Crippen molar-refractivity contribution >= 4 is 0 Å². The van der Waals surface area contributed by atoms with Gasteiger partial charge in [-0.3, -0.25) is 0 Å². The lowest BCUT2D eigenvalue weighted by Crippen LogP contribution is -2.33. The van der Waals surface area contributed by atoms with E-state index in [4.69, 9.17) is 0 Å². The van der Waals surface area contributed by atoms with E-state index in [1.165, 1.54) is 12.1 Å². The molecule has 2 unspecified atom stereocenters. The Morgan fingerprint density at radius 2 is 0.882 bits per heavy atom. The lowest BCUT2D eigenvalue weighted by atomic mass is 9.97. The molecule has 0 aliphatic heterocycles. The van der Waals surface area contributed by atoms with Crippen LogP contribution in [0, 0.1) is 0 Å². The summed E-state index contributed by atoms with van der Waals surface area (Å²) in [5, 5.41) is 47.3. The molecular weight excluding hydrogens is 428 g/mol. The molecule has 6 nitrogen and oxygen atoms in total. The highest BCUT2D eigenvalue weighted by atomic mass is 16.3. The van der Waals surface area contributed by atoms with Crippen LogP contribution in [0.1, 0.15) is 34.3 Å². The molecule has 0 bridgehead atoms. The Labute approximate surface area is 198 Å². The lowest BCUT2D eigenvalue weighted by molar-refractivity contribution is 0.433. The quantitative estimate of drug-likeness (QED) is 0.206. The van der Waals surface area contributed by atoms with Gasteiger partial charge in [-0.25, -0.2) is 0 Å². The number of benzene rings is 4. The predicted octanol–water partition coefficient (Wildman–Crippen LogP) is 4.57. The summed E-state index contributed by atoms with van der Waals surface area (Å²) in [6.07, 6.45) is 0. The Hall–Kier alpha value is -4.00. The molecule has 0 radical (unpaired) electrons. The second-order valence-electron chi connectivity index (χ2n) is 8.08. The minimum absolute atomic E-state index is 0.00846. The van der Waals surface area contributed by atoms with Crippen LogP contribution in [0.2, 0.25) is 0 Å². The van der Waals surface area contributed by atoms with Crippen LogP contribution in [0.15, 0.2) is 97.1 Å². The van der Waals surface area contributed by atoms with Crippen molar-refractivity contribution in [2.45, 2.75) is 12.1 Å². The van der Waals surface area contributed by atoms with E-state index in [1.54, 1.807) is 24.3 Å². The summed E-state index contributed by atoms with van der Waals surface area (Å²) in [7, 11) is 0. The fraction of sp³-hybridized carbons (Fsp3) is 0.143. The largest absolute Gasteiger partial charge is 0.508 e. The van der Waals surface area contributed by atoms with E-state index in [0.717, 1.165) is 11.1 Å². The number of rotatable bonds is 9. The van der Waals surface area contributed by atoms with Crippen molar-refractivity contribution < 1.29 is 20.4 Å². The monoisotopic (exact) mass is 456 g/mol. The Bertz CT molecular complexity index is 1120.